The van der Waals surface area contributed by atoms with E-state index in [0.29, 0.717) is 0 Å². The molecule has 0 spiro atoms. The highest BCUT2D eigenvalue weighted by molar-refractivity contribution is 5.93. The van der Waals surface area contributed by atoms with Crippen molar-refractivity contribution in [1.29, 1.82) is 0 Å². The summed E-state index contributed by atoms with van der Waals surface area (Å²) in [5.41, 5.74) is 4.09. The Balaban J connectivity index is 2.30. The van der Waals surface area contributed by atoms with Gasteiger partial charge in [-0.15, -0.1) is 0 Å². The van der Waals surface area contributed by atoms with Gasteiger partial charge in [0.1, 0.15) is 5.56 Å². The number of carboxylic acids is 1. The number of nitrogens with two attached hydrogens (primary N) is 1. The van der Waals surface area contributed by atoms with E-state index in [1.54, 1.807) is 11.5 Å². The Hall–Kier alpha value is -2.48. The molecule has 1 fully saturated rings. The first-order valence-electron chi connectivity index (χ1n) is 7.60. The molecule has 1 aliphatic rings. The van der Waals surface area contributed by atoms with Crippen LogP contribution in [-0.2, 0) is 0 Å². The van der Waals surface area contributed by atoms with Crippen molar-refractivity contribution in [2.75, 3.05) is 11.9 Å². The quantitative estimate of drug-likeness (QED) is 0.776. The molecule has 24 heavy (non-hydrogen) atoms. The zero-order valence-electron chi connectivity index (χ0n) is 13.0. The fourth-order valence-electron chi connectivity index (χ4n) is 2.64. The van der Waals surface area contributed by atoms with Crippen LogP contribution >= 0.6 is 0 Å². The fourth-order valence-corrected chi connectivity index (χ4v) is 2.64. The van der Waals surface area contributed by atoms with E-state index < -0.39 is 34.0 Å². The first-order chi connectivity index (χ1) is 11.3. The molecule has 3 rings (SSSR count). The molecule has 6 nitrogen and oxygen atoms in total. The number of rotatable bonds is 5. The number of aromatic nitrogens is 1. The zero-order valence-corrected chi connectivity index (χ0v) is 13.0. The lowest BCUT2D eigenvalue weighted by Gasteiger charge is -2.16. The van der Waals surface area contributed by atoms with Crippen molar-refractivity contribution in [3.8, 4) is 0 Å². The summed E-state index contributed by atoms with van der Waals surface area (Å²) in [6, 6.07) is 1.04. The summed E-state index contributed by atoms with van der Waals surface area (Å²) < 4.78 is 30.3. The molecular formula is C16H17F2N3O3. The smallest absolute Gasteiger partial charge is 0.341 e. The lowest BCUT2D eigenvalue weighted by molar-refractivity contribution is 0.0695. The van der Waals surface area contributed by atoms with Gasteiger partial charge in [-0.25, -0.2) is 13.6 Å². The lowest BCUT2D eigenvalue weighted by atomic mass is 10.1. The standard InChI is InChI=1S/C16H17F2N3O3/c1-7(19)5-20-10-4-11-12(14(18)13(10)17)15(22)9(16(23)24)6-21(11)8-2-3-8/h4,6-8,20H,2-3,5,19H2,1H3,(H,23,24)/t7-/m1/s1. The number of fused-ring (bicyclic) bond motifs is 1. The predicted octanol–water partition coefficient (Wildman–Crippen LogP) is 2.07. The number of anilines is 1. The molecule has 1 aromatic heterocycles. The van der Waals surface area contributed by atoms with Crippen LogP contribution < -0.4 is 16.5 Å². The number of halogens is 2. The highest BCUT2D eigenvalue weighted by Gasteiger charge is 2.29. The first kappa shape index (κ1) is 16.4. The minimum atomic E-state index is -1.46. The molecule has 128 valence electrons. The summed E-state index contributed by atoms with van der Waals surface area (Å²) in [5.74, 6) is -4.03. The van der Waals surface area contributed by atoms with Crippen LogP contribution in [0.2, 0.25) is 0 Å². The Bertz CT molecular complexity index is 888. The SMILES string of the molecule is C[C@@H](N)CNc1cc2c(c(F)c1F)c(=O)c(C(=O)O)cn2C1CC1. The van der Waals surface area contributed by atoms with E-state index in [1.165, 1.54) is 12.3 Å². The molecule has 1 heterocycles. The molecule has 0 amide bonds. The Morgan fingerprint density at radius 1 is 1.46 bits per heavy atom. The molecule has 2 aromatic rings. The highest BCUT2D eigenvalue weighted by atomic mass is 19.2. The predicted molar refractivity (Wildman–Crippen MR) is 85.5 cm³/mol. The first-order valence-corrected chi connectivity index (χ1v) is 7.60. The van der Waals surface area contributed by atoms with Crippen molar-refractivity contribution in [1.82, 2.24) is 4.57 Å². The van der Waals surface area contributed by atoms with Crippen LogP contribution in [0.25, 0.3) is 10.9 Å². The van der Waals surface area contributed by atoms with Gasteiger partial charge in [0.05, 0.1) is 16.6 Å². The minimum absolute atomic E-state index is 0.0163. The second-order valence-corrected chi connectivity index (χ2v) is 6.12. The fraction of sp³-hybridized carbons (Fsp3) is 0.375. The number of nitrogens with zero attached hydrogens (tertiary/aromatic N) is 1. The number of hydrogen-bond acceptors (Lipinski definition) is 4. The van der Waals surface area contributed by atoms with Crippen LogP contribution in [0, 0.1) is 11.6 Å². The van der Waals surface area contributed by atoms with Crippen LogP contribution in [0.3, 0.4) is 0 Å². The van der Waals surface area contributed by atoms with Gasteiger partial charge in [0.25, 0.3) is 0 Å². The largest absolute Gasteiger partial charge is 0.477 e. The molecule has 1 atom stereocenters. The van der Waals surface area contributed by atoms with Gasteiger partial charge in [-0.3, -0.25) is 4.79 Å². The van der Waals surface area contributed by atoms with Gasteiger partial charge in [0.2, 0.25) is 5.43 Å². The lowest BCUT2D eigenvalue weighted by Crippen LogP contribution is -2.26. The maximum atomic E-state index is 14.5. The van der Waals surface area contributed by atoms with E-state index >= 15 is 0 Å². The van der Waals surface area contributed by atoms with Crippen molar-refractivity contribution in [2.24, 2.45) is 5.73 Å². The topological polar surface area (TPSA) is 97.3 Å². The van der Waals surface area contributed by atoms with E-state index in [-0.39, 0.29) is 29.8 Å². The number of carbonyl (C=O) groups is 1. The summed E-state index contributed by atoms with van der Waals surface area (Å²) in [4.78, 5) is 23.5. The van der Waals surface area contributed by atoms with Gasteiger partial charge < -0.3 is 20.7 Å². The van der Waals surface area contributed by atoms with Gasteiger partial charge in [0.15, 0.2) is 11.6 Å². The maximum absolute atomic E-state index is 14.5. The van der Waals surface area contributed by atoms with Crippen molar-refractivity contribution in [3.05, 3.63) is 39.7 Å². The summed E-state index contributed by atoms with van der Waals surface area (Å²) in [6.45, 7) is 1.93. The maximum Gasteiger partial charge on any atom is 0.341 e. The normalized spacial score (nSPS) is 15.5. The van der Waals surface area contributed by atoms with Crippen LogP contribution in [0.1, 0.15) is 36.2 Å². The molecule has 0 bridgehead atoms. The van der Waals surface area contributed by atoms with Crippen LogP contribution in [0.15, 0.2) is 17.1 Å². The number of benzene rings is 1. The molecule has 1 aliphatic carbocycles. The third kappa shape index (κ3) is 2.73. The second-order valence-electron chi connectivity index (χ2n) is 6.12. The summed E-state index contributed by atoms with van der Waals surface area (Å²) in [6.07, 6.45) is 2.79. The number of carboxylic acid groups (broad SMARTS) is 1. The monoisotopic (exact) mass is 337 g/mol. The van der Waals surface area contributed by atoms with E-state index in [2.05, 4.69) is 5.32 Å². The zero-order chi connectivity index (χ0) is 17.6. The summed E-state index contributed by atoms with van der Waals surface area (Å²) in [7, 11) is 0. The third-order valence-electron chi connectivity index (χ3n) is 3.99. The van der Waals surface area contributed by atoms with Crippen LogP contribution in [0.4, 0.5) is 14.5 Å². The molecular weight excluding hydrogens is 320 g/mol. The van der Waals surface area contributed by atoms with Crippen LogP contribution in [-0.4, -0.2) is 28.2 Å². The van der Waals surface area contributed by atoms with Gasteiger partial charge in [-0.1, -0.05) is 0 Å². The molecule has 0 unspecified atom stereocenters. The van der Waals surface area contributed by atoms with Crippen molar-refractivity contribution >= 4 is 22.6 Å². The van der Waals surface area contributed by atoms with Crippen molar-refractivity contribution < 1.29 is 18.7 Å². The Kier molecular flexibility index (Phi) is 4.00. The minimum Gasteiger partial charge on any atom is -0.477 e. The summed E-state index contributed by atoms with van der Waals surface area (Å²) in [5, 5.41) is 11.3. The van der Waals surface area contributed by atoms with Gasteiger partial charge in [-0.2, -0.15) is 0 Å². The number of hydrogen-bond donors (Lipinski definition) is 3. The van der Waals surface area contributed by atoms with Crippen LogP contribution in [0.5, 0.6) is 0 Å². The molecule has 0 aliphatic heterocycles. The van der Waals surface area contributed by atoms with Gasteiger partial charge >= 0.3 is 5.97 Å². The van der Waals surface area contributed by atoms with E-state index in [9.17, 15) is 18.4 Å². The second kappa shape index (κ2) is 5.86. The molecule has 1 saturated carbocycles. The van der Waals surface area contributed by atoms with E-state index in [0.717, 1.165) is 12.8 Å². The van der Waals surface area contributed by atoms with Gasteiger partial charge in [-0.05, 0) is 25.8 Å². The highest BCUT2D eigenvalue weighted by Crippen LogP contribution is 2.38. The number of pyridine rings is 1. The Morgan fingerprint density at radius 3 is 2.67 bits per heavy atom. The molecule has 1 aromatic carbocycles. The number of nitrogens with one attached hydrogen (secondary N) is 1. The summed E-state index contributed by atoms with van der Waals surface area (Å²) >= 11 is 0. The van der Waals surface area contributed by atoms with Gasteiger partial charge in [0, 0.05) is 24.8 Å². The number of aromatic carboxylic acids is 1. The molecule has 0 saturated heterocycles. The molecule has 4 N–H and O–H groups in total. The van der Waals surface area contributed by atoms with E-state index in [4.69, 9.17) is 10.8 Å². The Labute approximate surface area is 135 Å². The van der Waals surface area contributed by atoms with Crippen molar-refractivity contribution in [2.45, 2.75) is 31.8 Å². The molecule has 0 radical (unpaired) electrons. The third-order valence-corrected chi connectivity index (χ3v) is 3.99. The molecule has 8 heteroatoms. The Morgan fingerprint density at radius 2 is 2.12 bits per heavy atom. The average molecular weight is 337 g/mol. The van der Waals surface area contributed by atoms with E-state index in [1.807, 2.05) is 0 Å². The van der Waals surface area contributed by atoms with Crippen molar-refractivity contribution in [3.63, 3.8) is 0 Å². The average Bonchev–Trinajstić information content (AvgIpc) is 3.33.